The molecule has 3 rings (SSSR count). The highest BCUT2D eigenvalue weighted by molar-refractivity contribution is 7.92. The van der Waals surface area contributed by atoms with Crippen LogP contribution in [0.2, 0.25) is 0 Å². The molecule has 2 aromatic rings. The molecule has 0 unspecified atom stereocenters. The van der Waals surface area contributed by atoms with Crippen molar-refractivity contribution in [1.82, 2.24) is 4.90 Å². The van der Waals surface area contributed by atoms with Gasteiger partial charge in [0.1, 0.15) is 12.4 Å². The van der Waals surface area contributed by atoms with Gasteiger partial charge in [0.2, 0.25) is 0 Å². The van der Waals surface area contributed by atoms with Crippen molar-refractivity contribution < 1.29 is 17.9 Å². The van der Waals surface area contributed by atoms with E-state index >= 15 is 0 Å². The Kier molecular flexibility index (Phi) is 4.44. The largest absolute Gasteiger partial charge is 0.491 e. The second kappa shape index (κ2) is 6.52. The number of rotatable bonds is 4. The molecule has 1 amide bonds. The minimum Gasteiger partial charge on any atom is -0.491 e. The Balaban J connectivity index is 1.93. The van der Waals surface area contributed by atoms with Crippen LogP contribution in [0, 0.1) is 0 Å². The number of fused-ring (bicyclic) bond motifs is 1. The maximum Gasteiger partial charge on any atom is 0.261 e. The van der Waals surface area contributed by atoms with Crippen LogP contribution in [0.25, 0.3) is 0 Å². The van der Waals surface area contributed by atoms with Crippen molar-refractivity contribution in [3.63, 3.8) is 0 Å². The molecule has 1 N–H and O–H groups in total. The van der Waals surface area contributed by atoms with E-state index in [1.807, 2.05) is 6.92 Å². The van der Waals surface area contributed by atoms with E-state index in [2.05, 4.69) is 4.72 Å². The summed E-state index contributed by atoms with van der Waals surface area (Å²) in [5, 5.41) is 0. The third-order valence-corrected chi connectivity index (χ3v) is 5.20. The van der Waals surface area contributed by atoms with Crippen LogP contribution < -0.4 is 9.46 Å². The Labute approximate surface area is 141 Å². The van der Waals surface area contributed by atoms with Crippen molar-refractivity contribution in [3.8, 4) is 5.75 Å². The van der Waals surface area contributed by atoms with Crippen LogP contribution in [-0.4, -0.2) is 38.9 Å². The summed E-state index contributed by atoms with van der Waals surface area (Å²) in [5.74, 6) is 0.310. The van der Waals surface area contributed by atoms with E-state index in [1.165, 1.54) is 18.2 Å². The Morgan fingerprint density at radius 2 is 1.92 bits per heavy atom. The summed E-state index contributed by atoms with van der Waals surface area (Å²) in [7, 11) is -3.70. The van der Waals surface area contributed by atoms with Crippen LogP contribution in [0.15, 0.2) is 53.4 Å². The highest BCUT2D eigenvalue weighted by atomic mass is 32.2. The molecular weight excluding hydrogens is 328 g/mol. The van der Waals surface area contributed by atoms with Crippen molar-refractivity contribution in [2.75, 3.05) is 24.4 Å². The second-order valence-corrected chi connectivity index (χ2v) is 7.05. The Hall–Kier alpha value is -2.54. The maximum absolute atomic E-state index is 12.5. The third-order valence-electron chi connectivity index (χ3n) is 3.80. The van der Waals surface area contributed by atoms with Gasteiger partial charge in [-0.05, 0) is 37.3 Å². The Morgan fingerprint density at radius 1 is 1.17 bits per heavy atom. The topological polar surface area (TPSA) is 75.7 Å². The molecule has 0 bridgehead atoms. The van der Waals surface area contributed by atoms with Gasteiger partial charge in [-0.15, -0.1) is 0 Å². The minimum atomic E-state index is -3.70. The van der Waals surface area contributed by atoms with Gasteiger partial charge in [0.05, 0.1) is 17.0 Å². The molecule has 0 spiro atoms. The molecule has 24 heavy (non-hydrogen) atoms. The molecule has 126 valence electrons. The molecule has 0 radical (unpaired) electrons. The molecule has 0 fully saturated rings. The monoisotopic (exact) mass is 346 g/mol. The van der Waals surface area contributed by atoms with Crippen LogP contribution in [0.5, 0.6) is 5.75 Å². The summed E-state index contributed by atoms with van der Waals surface area (Å²) >= 11 is 0. The standard InChI is InChI=1S/C17H18N2O4S/c1-2-19-10-11-23-16-9-8-13(12-15(16)17(19)20)18-24(21,22)14-6-4-3-5-7-14/h3-9,12,18H,2,10-11H2,1H3. The predicted molar refractivity (Wildman–Crippen MR) is 90.8 cm³/mol. The van der Waals surface area contributed by atoms with Gasteiger partial charge < -0.3 is 9.64 Å². The fraction of sp³-hybridized carbons (Fsp3) is 0.235. The molecule has 1 heterocycles. The zero-order valence-electron chi connectivity index (χ0n) is 13.2. The molecule has 2 aromatic carbocycles. The summed E-state index contributed by atoms with van der Waals surface area (Å²) in [6.45, 7) is 3.39. The lowest BCUT2D eigenvalue weighted by atomic mass is 10.1. The van der Waals surface area contributed by atoms with E-state index in [1.54, 1.807) is 35.2 Å². The van der Waals surface area contributed by atoms with Gasteiger partial charge in [-0.1, -0.05) is 18.2 Å². The first-order chi connectivity index (χ1) is 11.5. The average Bonchev–Trinajstić information content (AvgIpc) is 2.74. The number of ether oxygens (including phenoxy) is 1. The van der Waals surface area contributed by atoms with Gasteiger partial charge in [0, 0.05) is 12.2 Å². The van der Waals surface area contributed by atoms with Crippen molar-refractivity contribution in [3.05, 3.63) is 54.1 Å². The van der Waals surface area contributed by atoms with Crippen LogP contribution in [0.4, 0.5) is 5.69 Å². The van der Waals surface area contributed by atoms with Gasteiger partial charge in [-0.2, -0.15) is 0 Å². The molecule has 0 saturated heterocycles. The van der Waals surface area contributed by atoms with Gasteiger partial charge in [0.25, 0.3) is 15.9 Å². The maximum atomic E-state index is 12.5. The number of benzene rings is 2. The Bertz CT molecular complexity index is 850. The van der Waals surface area contributed by atoms with E-state index in [0.29, 0.717) is 36.7 Å². The number of carbonyl (C=O) groups excluding carboxylic acids is 1. The summed E-state index contributed by atoms with van der Waals surface area (Å²) in [5.41, 5.74) is 0.690. The number of nitrogens with zero attached hydrogens (tertiary/aromatic N) is 1. The number of anilines is 1. The number of nitrogens with one attached hydrogen (secondary N) is 1. The van der Waals surface area contributed by atoms with E-state index in [4.69, 9.17) is 4.74 Å². The fourth-order valence-electron chi connectivity index (χ4n) is 2.54. The lowest BCUT2D eigenvalue weighted by Gasteiger charge is -2.17. The SMILES string of the molecule is CCN1CCOc2ccc(NS(=O)(=O)c3ccccc3)cc2C1=O. The fourth-order valence-corrected chi connectivity index (χ4v) is 3.61. The highest BCUT2D eigenvalue weighted by Crippen LogP contribution is 2.27. The first-order valence-electron chi connectivity index (χ1n) is 7.65. The van der Waals surface area contributed by atoms with Gasteiger partial charge >= 0.3 is 0 Å². The number of carbonyl (C=O) groups is 1. The summed E-state index contributed by atoms with van der Waals surface area (Å²) < 4.78 is 32.9. The van der Waals surface area contributed by atoms with Crippen LogP contribution >= 0.6 is 0 Å². The number of hydrogen-bond acceptors (Lipinski definition) is 4. The van der Waals surface area contributed by atoms with Crippen molar-refractivity contribution in [2.45, 2.75) is 11.8 Å². The quantitative estimate of drug-likeness (QED) is 0.922. The van der Waals surface area contributed by atoms with Crippen molar-refractivity contribution in [1.29, 1.82) is 0 Å². The van der Waals surface area contributed by atoms with E-state index in [-0.39, 0.29) is 10.8 Å². The van der Waals surface area contributed by atoms with Crippen molar-refractivity contribution >= 4 is 21.6 Å². The van der Waals surface area contributed by atoms with E-state index in [9.17, 15) is 13.2 Å². The molecule has 1 aliphatic rings. The van der Waals surface area contributed by atoms with Crippen LogP contribution in [-0.2, 0) is 10.0 Å². The lowest BCUT2D eigenvalue weighted by Crippen LogP contribution is -2.32. The number of amides is 1. The van der Waals surface area contributed by atoms with Crippen molar-refractivity contribution in [2.24, 2.45) is 0 Å². The first kappa shape index (κ1) is 16.3. The molecule has 0 aromatic heterocycles. The van der Waals surface area contributed by atoms with E-state index in [0.717, 1.165) is 0 Å². The van der Waals surface area contributed by atoms with Gasteiger partial charge in [-0.25, -0.2) is 8.42 Å². The number of likely N-dealkylation sites (N-methyl/N-ethyl adjacent to an activating group) is 1. The Morgan fingerprint density at radius 3 is 2.62 bits per heavy atom. The molecule has 0 atom stereocenters. The molecule has 0 aliphatic carbocycles. The summed E-state index contributed by atoms with van der Waals surface area (Å²) in [6, 6.07) is 12.8. The lowest BCUT2D eigenvalue weighted by molar-refractivity contribution is 0.0765. The molecule has 1 aliphatic heterocycles. The summed E-state index contributed by atoms with van der Waals surface area (Å²) in [4.78, 5) is 14.4. The second-order valence-electron chi connectivity index (χ2n) is 5.36. The third kappa shape index (κ3) is 3.21. The zero-order valence-corrected chi connectivity index (χ0v) is 14.0. The number of hydrogen-bond donors (Lipinski definition) is 1. The molecule has 7 heteroatoms. The minimum absolute atomic E-state index is 0.161. The van der Waals surface area contributed by atoms with Crippen LogP contribution in [0.3, 0.4) is 0 Å². The average molecular weight is 346 g/mol. The smallest absolute Gasteiger partial charge is 0.261 e. The van der Waals surface area contributed by atoms with Gasteiger partial charge in [0.15, 0.2) is 0 Å². The molecule has 0 saturated carbocycles. The zero-order chi connectivity index (χ0) is 17.2. The predicted octanol–water partition coefficient (Wildman–Crippen LogP) is 2.34. The molecule has 6 nitrogen and oxygen atoms in total. The molecular formula is C17H18N2O4S. The van der Waals surface area contributed by atoms with E-state index < -0.39 is 10.0 Å². The normalized spacial score (nSPS) is 14.5. The van der Waals surface area contributed by atoms with Crippen LogP contribution in [0.1, 0.15) is 17.3 Å². The summed E-state index contributed by atoms with van der Waals surface area (Å²) in [6.07, 6.45) is 0. The highest BCUT2D eigenvalue weighted by Gasteiger charge is 2.23. The number of sulfonamides is 1. The first-order valence-corrected chi connectivity index (χ1v) is 9.13. The van der Waals surface area contributed by atoms with Gasteiger partial charge in [-0.3, -0.25) is 9.52 Å².